The van der Waals surface area contributed by atoms with Gasteiger partial charge in [-0.05, 0) is 31.5 Å². The van der Waals surface area contributed by atoms with Crippen LogP contribution < -0.4 is 10.6 Å². The molecule has 0 fully saturated rings. The van der Waals surface area contributed by atoms with E-state index >= 15 is 0 Å². The Morgan fingerprint density at radius 3 is 2.88 bits per heavy atom. The van der Waals surface area contributed by atoms with Crippen LogP contribution in [-0.4, -0.2) is 23.8 Å². The molecule has 0 bridgehead atoms. The zero-order valence-corrected chi connectivity index (χ0v) is 9.25. The van der Waals surface area contributed by atoms with Gasteiger partial charge in [0.25, 0.3) is 0 Å². The third-order valence-electron chi connectivity index (χ3n) is 2.10. The van der Waals surface area contributed by atoms with Gasteiger partial charge in [0.15, 0.2) is 0 Å². The number of hydrogen-bond acceptors (Lipinski definition) is 2. The smallest absolute Gasteiger partial charge is 0.319 e. The van der Waals surface area contributed by atoms with Crippen molar-refractivity contribution in [3.05, 3.63) is 29.6 Å². The van der Waals surface area contributed by atoms with Gasteiger partial charge in [0, 0.05) is 5.69 Å². The van der Waals surface area contributed by atoms with Gasteiger partial charge < -0.3 is 15.7 Å². The summed E-state index contributed by atoms with van der Waals surface area (Å²) in [4.78, 5) is 11.4. The summed E-state index contributed by atoms with van der Waals surface area (Å²) >= 11 is 0. The minimum absolute atomic E-state index is 0.143. The molecule has 16 heavy (non-hydrogen) atoms. The van der Waals surface area contributed by atoms with Gasteiger partial charge in [-0.1, -0.05) is 6.07 Å². The highest BCUT2D eigenvalue weighted by Crippen LogP contribution is 2.15. The number of urea groups is 1. The van der Waals surface area contributed by atoms with Crippen LogP contribution in [0, 0.1) is 12.7 Å². The molecule has 0 heterocycles. The van der Waals surface area contributed by atoms with Gasteiger partial charge in [-0.3, -0.25) is 0 Å². The lowest BCUT2D eigenvalue weighted by molar-refractivity contribution is 0.229. The highest BCUT2D eigenvalue weighted by Gasteiger charge is 2.08. The molecular weight excluding hydrogens is 211 g/mol. The average Bonchev–Trinajstić information content (AvgIpc) is 2.23. The first-order valence-electron chi connectivity index (χ1n) is 4.97. The fourth-order valence-electron chi connectivity index (χ4n) is 1.16. The summed E-state index contributed by atoms with van der Waals surface area (Å²) < 4.78 is 12.9. The second kappa shape index (κ2) is 5.46. The van der Waals surface area contributed by atoms with Crippen molar-refractivity contribution >= 4 is 11.7 Å². The third-order valence-corrected chi connectivity index (χ3v) is 2.10. The monoisotopic (exact) mass is 226 g/mol. The molecule has 3 N–H and O–H groups in total. The number of carbonyl (C=O) groups is 1. The van der Waals surface area contributed by atoms with E-state index < -0.39 is 11.8 Å². The first-order chi connectivity index (χ1) is 7.52. The quantitative estimate of drug-likeness (QED) is 0.733. The average molecular weight is 226 g/mol. The first-order valence-corrected chi connectivity index (χ1v) is 4.97. The number of hydrogen-bond donors (Lipinski definition) is 3. The van der Waals surface area contributed by atoms with Crippen molar-refractivity contribution in [2.24, 2.45) is 0 Å². The van der Waals surface area contributed by atoms with Crippen molar-refractivity contribution in [3.63, 3.8) is 0 Å². The molecule has 0 saturated heterocycles. The molecule has 2 amide bonds. The Labute approximate surface area is 93.5 Å². The van der Waals surface area contributed by atoms with Crippen LogP contribution >= 0.6 is 0 Å². The predicted octanol–water partition coefficient (Wildman–Crippen LogP) is 1.64. The minimum atomic E-state index is -0.463. The van der Waals surface area contributed by atoms with E-state index in [-0.39, 0.29) is 12.6 Å². The van der Waals surface area contributed by atoms with Crippen LogP contribution in [0.5, 0.6) is 0 Å². The number of aliphatic hydroxyl groups excluding tert-OH is 1. The topological polar surface area (TPSA) is 61.4 Å². The molecule has 0 aliphatic heterocycles. The number of nitrogens with one attached hydrogen (secondary N) is 2. The lowest BCUT2D eigenvalue weighted by Crippen LogP contribution is -2.38. The zero-order valence-electron chi connectivity index (χ0n) is 9.25. The number of amides is 2. The number of anilines is 1. The predicted molar refractivity (Wildman–Crippen MR) is 59.8 cm³/mol. The van der Waals surface area contributed by atoms with Gasteiger partial charge >= 0.3 is 6.03 Å². The molecular formula is C11H15FN2O2. The molecule has 4 nitrogen and oxygen atoms in total. The Morgan fingerprint density at radius 1 is 1.56 bits per heavy atom. The van der Waals surface area contributed by atoms with Crippen LogP contribution in [0.15, 0.2) is 18.2 Å². The highest BCUT2D eigenvalue weighted by molar-refractivity contribution is 5.90. The second-order valence-corrected chi connectivity index (χ2v) is 3.64. The fraction of sp³-hybridized carbons (Fsp3) is 0.364. The number of aryl methyl sites for hydroxylation is 1. The summed E-state index contributed by atoms with van der Waals surface area (Å²) in [7, 11) is 0. The Morgan fingerprint density at radius 2 is 2.25 bits per heavy atom. The summed E-state index contributed by atoms with van der Waals surface area (Å²) in [5.74, 6) is -0.406. The van der Waals surface area contributed by atoms with Crippen molar-refractivity contribution in [1.82, 2.24) is 5.32 Å². The standard InChI is InChI=1S/C11H15FN2O2/c1-7-3-4-9(12)5-10(7)14-11(16)13-8(2)6-15/h3-5,8,15H,6H2,1-2H3,(H2,13,14,16)/t8-/m1/s1. The Bertz CT molecular complexity index is 382. The molecule has 0 aliphatic carbocycles. The van der Waals surface area contributed by atoms with E-state index in [1.165, 1.54) is 12.1 Å². The van der Waals surface area contributed by atoms with Crippen molar-refractivity contribution in [1.29, 1.82) is 0 Å². The van der Waals surface area contributed by atoms with E-state index in [9.17, 15) is 9.18 Å². The summed E-state index contributed by atoms with van der Waals surface area (Å²) in [5, 5.41) is 13.8. The van der Waals surface area contributed by atoms with E-state index in [0.717, 1.165) is 5.56 Å². The largest absolute Gasteiger partial charge is 0.394 e. The number of carbonyl (C=O) groups excluding carboxylic acids is 1. The van der Waals surface area contributed by atoms with Crippen molar-refractivity contribution in [3.8, 4) is 0 Å². The van der Waals surface area contributed by atoms with E-state index in [1.807, 2.05) is 0 Å². The van der Waals surface area contributed by atoms with E-state index in [2.05, 4.69) is 10.6 Å². The lowest BCUT2D eigenvalue weighted by Gasteiger charge is -2.13. The van der Waals surface area contributed by atoms with Crippen molar-refractivity contribution < 1.29 is 14.3 Å². The molecule has 0 radical (unpaired) electrons. The van der Waals surface area contributed by atoms with Crippen LogP contribution in [-0.2, 0) is 0 Å². The van der Waals surface area contributed by atoms with Crippen LogP contribution in [0.1, 0.15) is 12.5 Å². The van der Waals surface area contributed by atoms with Crippen molar-refractivity contribution in [2.45, 2.75) is 19.9 Å². The molecule has 1 rings (SSSR count). The number of benzene rings is 1. The van der Waals surface area contributed by atoms with Crippen LogP contribution in [0.2, 0.25) is 0 Å². The molecule has 0 aromatic heterocycles. The van der Waals surface area contributed by atoms with E-state index in [0.29, 0.717) is 5.69 Å². The van der Waals surface area contributed by atoms with Gasteiger partial charge in [0.2, 0.25) is 0 Å². The van der Waals surface area contributed by atoms with Crippen LogP contribution in [0.25, 0.3) is 0 Å². The number of rotatable bonds is 3. The van der Waals surface area contributed by atoms with Gasteiger partial charge in [-0.2, -0.15) is 0 Å². The highest BCUT2D eigenvalue weighted by atomic mass is 19.1. The molecule has 1 aromatic rings. The third kappa shape index (κ3) is 3.51. The number of aliphatic hydroxyl groups is 1. The summed E-state index contributed by atoms with van der Waals surface area (Å²) in [5.41, 5.74) is 1.19. The SMILES string of the molecule is Cc1ccc(F)cc1NC(=O)N[C@H](C)CO. The molecule has 0 unspecified atom stereocenters. The van der Waals surface area contributed by atoms with Gasteiger partial charge in [0.1, 0.15) is 5.82 Å². The fourth-order valence-corrected chi connectivity index (χ4v) is 1.16. The summed E-state index contributed by atoms with van der Waals surface area (Å²) in [6, 6.07) is 3.36. The maximum Gasteiger partial charge on any atom is 0.319 e. The zero-order chi connectivity index (χ0) is 12.1. The molecule has 88 valence electrons. The van der Waals surface area contributed by atoms with E-state index in [4.69, 9.17) is 5.11 Å². The number of halogens is 1. The van der Waals surface area contributed by atoms with E-state index in [1.54, 1.807) is 19.9 Å². The summed E-state index contributed by atoms with van der Waals surface area (Å²) in [6.45, 7) is 3.29. The van der Waals surface area contributed by atoms with Gasteiger partial charge in [-0.15, -0.1) is 0 Å². The van der Waals surface area contributed by atoms with Crippen LogP contribution in [0.4, 0.5) is 14.9 Å². The van der Waals surface area contributed by atoms with Gasteiger partial charge in [0.05, 0.1) is 12.6 Å². The molecule has 5 heteroatoms. The Hall–Kier alpha value is -1.62. The lowest BCUT2D eigenvalue weighted by atomic mass is 10.2. The van der Waals surface area contributed by atoms with Crippen molar-refractivity contribution in [2.75, 3.05) is 11.9 Å². The second-order valence-electron chi connectivity index (χ2n) is 3.64. The van der Waals surface area contributed by atoms with Gasteiger partial charge in [-0.25, -0.2) is 9.18 Å². The molecule has 1 aromatic carbocycles. The molecule has 1 atom stereocenters. The summed E-state index contributed by atoms with van der Waals surface area (Å²) in [6.07, 6.45) is 0. The first kappa shape index (κ1) is 12.4. The normalized spacial score (nSPS) is 12.0. The molecule has 0 spiro atoms. The van der Waals surface area contributed by atoms with Crippen LogP contribution in [0.3, 0.4) is 0 Å². The Kier molecular flexibility index (Phi) is 4.25. The Balaban J connectivity index is 2.65. The molecule has 0 aliphatic rings. The minimum Gasteiger partial charge on any atom is -0.394 e. The molecule has 0 saturated carbocycles. The maximum atomic E-state index is 12.9. The maximum absolute atomic E-state index is 12.9.